The zero-order chi connectivity index (χ0) is 37.4. The SMILES string of the molecule is COc1nc(NS(=O)(=O)c2c[nH]c3cc(Br)ccc23)c(F)cc1CC#N.N#Cc1cc(F)c(NS(=O)(=O)c2c[nH]c3c4c(ccc23)CCC4)cc1F. The molecule has 0 radical (unpaired) electrons. The second-order valence-electron chi connectivity index (χ2n) is 11.4. The number of H-pyrrole nitrogens is 2. The fourth-order valence-corrected chi connectivity index (χ4v) is 8.61. The van der Waals surface area contributed by atoms with Crippen LogP contribution in [-0.2, 0) is 39.3 Å². The molecule has 0 saturated heterocycles. The number of nitrogens with zero attached hydrogens (tertiary/aromatic N) is 3. The maximum atomic E-state index is 14.3. The predicted molar refractivity (Wildman–Crippen MR) is 189 cm³/mol. The standard InChI is InChI=1S/C18H13F2N3O2S.C16H12BrFN4O3S/c19-14-7-16(15(20)6-11(14)8-21)23-26(24,25)17-9-22-18-12-3-1-2-10(12)4-5-13(17)18;1-25-16-9(4-5-19)6-12(18)15(21-16)22-26(23,24)14-8-20-13-7-10(17)2-3-11(13)14/h4-7,9,22-23H,1-3H2;2-3,6-8,20H,4H2,1H3,(H,21,22). The first-order valence-corrected chi connectivity index (χ1v) is 19.0. The number of nitrogens with one attached hydrogen (secondary N) is 4. The lowest BCUT2D eigenvalue weighted by Crippen LogP contribution is -2.15. The van der Waals surface area contributed by atoms with Gasteiger partial charge in [-0.05, 0) is 54.7 Å². The van der Waals surface area contributed by atoms with Gasteiger partial charge in [0.25, 0.3) is 20.0 Å². The zero-order valence-corrected chi connectivity index (χ0v) is 30.0. The number of nitriles is 2. The number of aromatic nitrogens is 3. The van der Waals surface area contributed by atoms with Gasteiger partial charge in [0.2, 0.25) is 5.88 Å². The lowest BCUT2D eigenvalue weighted by Gasteiger charge is -2.11. The molecule has 3 aromatic heterocycles. The summed E-state index contributed by atoms with van der Waals surface area (Å²) in [5.74, 6) is -3.44. The average Bonchev–Trinajstić information content (AvgIpc) is 3.86. The number of hydrogen-bond acceptors (Lipinski definition) is 8. The van der Waals surface area contributed by atoms with Crippen molar-refractivity contribution in [3.05, 3.63) is 105 Å². The Morgan fingerprint density at radius 1 is 0.885 bits per heavy atom. The molecule has 7 rings (SSSR count). The van der Waals surface area contributed by atoms with Gasteiger partial charge < -0.3 is 14.7 Å². The monoisotopic (exact) mass is 811 g/mol. The van der Waals surface area contributed by atoms with E-state index in [4.69, 9.17) is 15.3 Å². The van der Waals surface area contributed by atoms with Gasteiger partial charge >= 0.3 is 0 Å². The van der Waals surface area contributed by atoms with E-state index in [9.17, 15) is 30.0 Å². The van der Waals surface area contributed by atoms with Crippen LogP contribution in [0.25, 0.3) is 21.8 Å². The largest absolute Gasteiger partial charge is 0.481 e. The van der Waals surface area contributed by atoms with E-state index in [0.29, 0.717) is 28.4 Å². The van der Waals surface area contributed by atoms with Crippen molar-refractivity contribution in [1.82, 2.24) is 15.0 Å². The highest BCUT2D eigenvalue weighted by Crippen LogP contribution is 2.34. The highest BCUT2D eigenvalue weighted by atomic mass is 79.9. The molecule has 0 aliphatic heterocycles. The van der Waals surface area contributed by atoms with Gasteiger partial charge in [0.15, 0.2) is 11.6 Å². The van der Waals surface area contributed by atoms with E-state index in [2.05, 4.69) is 40.3 Å². The Bertz CT molecular complexity index is 2700. The fraction of sp³-hybridized carbons (Fsp3) is 0.147. The van der Waals surface area contributed by atoms with E-state index < -0.39 is 54.6 Å². The molecule has 12 nitrogen and oxygen atoms in total. The number of rotatable bonds is 8. The highest BCUT2D eigenvalue weighted by molar-refractivity contribution is 9.10. The molecule has 3 aromatic carbocycles. The van der Waals surface area contributed by atoms with Crippen molar-refractivity contribution in [3.63, 3.8) is 0 Å². The number of methoxy groups -OCH3 is 1. The van der Waals surface area contributed by atoms with Crippen LogP contribution in [0.2, 0.25) is 0 Å². The lowest BCUT2D eigenvalue weighted by molar-refractivity contribution is 0.392. The van der Waals surface area contributed by atoms with Gasteiger partial charge in [-0.1, -0.05) is 34.1 Å². The predicted octanol–water partition coefficient (Wildman–Crippen LogP) is 6.95. The van der Waals surface area contributed by atoms with E-state index in [-0.39, 0.29) is 27.7 Å². The molecule has 1 aliphatic carbocycles. The number of fused-ring (bicyclic) bond motifs is 4. The van der Waals surface area contributed by atoms with Crippen molar-refractivity contribution < 1.29 is 34.7 Å². The van der Waals surface area contributed by atoms with Gasteiger partial charge in [0.1, 0.15) is 27.5 Å². The summed E-state index contributed by atoms with van der Waals surface area (Å²) < 4.78 is 103. The Kier molecular flexibility index (Phi) is 9.91. The van der Waals surface area contributed by atoms with Crippen LogP contribution in [0.5, 0.6) is 5.88 Å². The molecule has 4 N–H and O–H groups in total. The molecule has 18 heteroatoms. The molecule has 52 heavy (non-hydrogen) atoms. The molecule has 0 fully saturated rings. The van der Waals surface area contributed by atoms with Gasteiger partial charge in [-0.25, -0.2) is 30.0 Å². The first kappa shape index (κ1) is 36.2. The van der Waals surface area contributed by atoms with Crippen LogP contribution in [0.4, 0.5) is 24.7 Å². The summed E-state index contributed by atoms with van der Waals surface area (Å²) in [6, 6.07) is 14.4. The fourth-order valence-electron chi connectivity index (χ4n) is 5.83. The number of pyridine rings is 1. The second-order valence-corrected chi connectivity index (χ2v) is 15.6. The Hall–Kier alpha value is -5.56. The van der Waals surface area contributed by atoms with Gasteiger partial charge in [-0.15, -0.1) is 0 Å². The van der Waals surface area contributed by atoms with E-state index in [1.54, 1.807) is 24.3 Å². The number of hydrogen-bond donors (Lipinski definition) is 4. The Labute approximate surface area is 303 Å². The molecule has 0 atom stereocenters. The molecule has 0 amide bonds. The van der Waals surface area contributed by atoms with Gasteiger partial charge in [-0.2, -0.15) is 15.5 Å². The van der Waals surface area contributed by atoms with Crippen LogP contribution in [-0.4, -0.2) is 38.9 Å². The Morgan fingerprint density at radius 3 is 2.33 bits per heavy atom. The van der Waals surface area contributed by atoms with Crippen LogP contribution in [0, 0.1) is 40.1 Å². The quantitative estimate of drug-likeness (QED) is 0.127. The number of benzene rings is 3. The third-order valence-corrected chi connectivity index (χ3v) is 11.5. The van der Waals surface area contributed by atoms with Crippen LogP contribution >= 0.6 is 15.9 Å². The Morgan fingerprint density at radius 2 is 1.60 bits per heavy atom. The molecule has 0 unspecified atom stereocenters. The van der Waals surface area contributed by atoms with Crippen molar-refractivity contribution in [3.8, 4) is 18.0 Å². The van der Waals surface area contributed by atoms with Crippen LogP contribution < -0.4 is 14.2 Å². The van der Waals surface area contributed by atoms with E-state index in [0.717, 1.165) is 40.9 Å². The molecule has 266 valence electrons. The number of aryl methyl sites for hydroxylation is 2. The average molecular weight is 813 g/mol. The Balaban J connectivity index is 0.000000179. The van der Waals surface area contributed by atoms with Crippen molar-refractivity contribution in [2.75, 3.05) is 16.6 Å². The van der Waals surface area contributed by atoms with Crippen molar-refractivity contribution in [2.45, 2.75) is 35.5 Å². The first-order chi connectivity index (χ1) is 24.8. The number of aromatic amines is 2. The summed E-state index contributed by atoms with van der Waals surface area (Å²) in [7, 11) is -6.94. The number of ether oxygens (including phenoxy) is 1. The number of sulfonamides is 2. The maximum Gasteiger partial charge on any atom is 0.265 e. The lowest BCUT2D eigenvalue weighted by atomic mass is 10.1. The first-order valence-electron chi connectivity index (χ1n) is 15.2. The molecular formula is C34H25BrF3N7O5S2. The topological polar surface area (TPSA) is 194 Å². The minimum absolute atomic E-state index is 0.0199. The molecule has 6 aromatic rings. The smallest absolute Gasteiger partial charge is 0.265 e. The summed E-state index contributed by atoms with van der Waals surface area (Å²) in [5, 5.41) is 18.4. The molecule has 1 aliphatic rings. The third-order valence-electron chi connectivity index (χ3n) is 8.21. The number of anilines is 2. The summed E-state index contributed by atoms with van der Waals surface area (Å²) in [6.07, 6.45) is 5.40. The summed E-state index contributed by atoms with van der Waals surface area (Å²) in [5.41, 5.74) is 2.84. The normalized spacial score (nSPS) is 12.4. The summed E-state index contributed by atoms with van der Waals surface area (Å²) in [6.45, 7) is 0. The summed E-state index contributed by atoms with van der Waals surface area (Å²) >= 11 is 3.31. The third kappa shape index (κ3) is 7.00. The molecule has 0 spiro atoms. The van der Waals surface area contributed by atoms with Crippen molar-refractivity contribution >= 4 is 69.3 Å². The second kappa shape index (κ2) is 14.2. The minimum atomic E-state index is -4.14. The molecular weight excluding hydrogens is 787 g/mol. The zero-order valence-electron chi connectivity index (χ0n) is 26.8. The van der Waals surface area contributed by atoms with Gasteiger partial charge in [0, 0.05) is 44.8 Å². The molecule has 0 bridgehead atoms. The molecule has 3 heterocycles. The maximum absolute atomic E-state index is 14.3. The van der Waals surface area contributed by atoms with Crippen LogP contribution in [0.15, 0.2) is 75.2 Å². The minimum Gasteiger partial charge on any atom is -0.481 e. The van der Waals surface area contributed by atoms with Crippen LogP contribution in [0.3, 0.4) is 0 Å². The van der Waals surface area contributed by atoms with Crippen molar-refractivity contribution in [1.29, 1.82) is 10.5 Å². The van der Waals surface area contributed by atoms with Crippen LogP contribution in [0.1, 0.15) is 28.7 Å². The van der Waals surface area contributed by atoms with E-state index in [1.165, 1.54) is 31.1 Å². The summed E-state index contributed by atoms with van der Waals surface area (Å²) in [4.78, 5) is 9.62. The van der Waals surface area contributed by atoms with Gasteiger partial charge in [-0.3, -0.25) is 9.44 Å². The van der Waals surface area contributed by atoms with Crippen molar-refractivity contribution in [2.24, 2.45) is 0 Å². The van der Waals surface area contributed by atoms with Gasteiger partial charge in [0.05, 0.1) is 36.4 Å². The van der Waals surface area contributed by atoms with E-state index in [1.807, 2.05) is 12.1 Å². The number of halogens is 4. The van der Waals surface area contributed by atoms with E-state index >= 15 is 0 Å². The molecule has 0 saturated carbocycles. The highest BCUT2D eigenvalue weighted by Gasteiger charge is 2.25.